The van der Waals surface area contributed by atoms with Gasteiger partial charge in [0.2, 0.25) is 0 Å². The van der Waals surface area contributed by atoms with Crippen molar-refractivity contribution >= 4 is 12.2 Å². The maximum atomic E-state index is 11.1. The summed E-state index contributed by atoms with van der Waals surface area (Å²) in [5.41, 5.74) is 1.21. The standard InChI is InChI=1S/C12H16N2O/c1-3-13-12(15)14-10(2)9-11-7-5-4-6-8-11/h3-8,10H,9H2,1-2H3,(H,14,15). The maximum absolute atomic E-state index is 11.1. The lowest BCUT2D eigenvalue weighted by Crippen LogP contribution is -2.31. The van der Waals surface area contributed by atoms with E-state index in [2.05, 4.69) is 10.3 Å². The Morgan fingerprint density at radius 3 is 2.73 bits per heavy atom. The second kappa shape index (κ2) is 5.96. The van der Waals surface area contributed by atoms with Gasteiger partial charge in [-0.25, -0.2) is 9.79 Å². The average molecular weight is 204 g/mol. The summed E-state index contributed by atoms with van der Waals surface area (Å²) >= 11 is 0. The number of amides is 2. The summed E-state index contributed by atoms with van der Waals surface area (Å²) in [7, 11) is 0. The zero-order valence-electron chi connectivity index (χ0n) is 9.10. The van der Waals surface area contributed by atoms with Gasteiger partial charge in [0.25, 0.3) is 0 Å². The molecule has 15 heavy (non-hydrogen) atoms. The number of nitrogens with one attached hydrogen (secondary N) is 1. The van der Waals surface area contributed by atoms with Gasteiger partial charge in [-0.2, -0.15) is 0 Å². The fourth-order valence-corrected chi connectivity index (χ4v) is 1.38. The highest BCUT2D eigenvalue weighted by atomic mass is 16.2. The number of aliphatic imine (C=N–C) groups is 1. The summed E-state index contributed by atoms with van der Waals surface area (Å²) in [4.78, 5) is 14.8. The Hall–Kier alpha value is -1.64. The van der Waals surface area contributed by atoms with Crippen LogP contribution in [-0.2, 0) is 6.42 Å². The molecule has 0 aliphatic carbocycles. The van der Waals surface area contributed by atoms with Crippen molar-refractivity contribution in [3.05, 3.63) is 35.9 Å². The molecule has 1 aromatic rings. The number of benzene rings is 1. The Bertz CT molecular complexity index is 333. The molecule has 0 saturated carbocycles. The fraction of sp³-hybridized carbons (Fsp3) is 0.333. The molecular formula is C12H16N2O. The normalized spacial score (nSPS) is 12.7. The summed E-state index contributed by atoms with van der Waals surface area (Å²) in [5.74, 6) is 0. The van der Waals surface area contributed by atoms with Crippen molar-refractivity contribution < 1.29 is 4.79 Å². The van der Waals surface area contributed by atoms with Crippen LogP contribution in [-0.4, -0.2) is 18.3 Å². The van der Waals surface area contributed by atoms with Crippen LogP contribution in [0.3, 0.4) is 0 Å². The molecule has 3 heteroatoms. The van der Waals surface area contributed by atoms with Crippen LogP contribution < -0.4 is 5.32 Å². The van der Waals surface area contributed by atoms with Gasteiger partial charge in [-0.1, -0.05) is 30.3 Å². The highest BCUT2D eigenvalue weighted by molar-refractivity contribution is 5.82. The Kier molecular flexibility index (Phi) is 4.54. The Labute approximate surface area is 90.2 Å². The predicted molar refractivity (Wildman–Crippen MR) is 62.3 cm³/mol. The predicted octanol–water partition coefficient (Wildman–Crippen LogP) is 2.42. The van der Waals surface area contributed by atoms with Crippen LogP contribution >= 0.6 is 0 Å². The molecule has 1 N–H and O–H groups in total. The zero-order valence-corrected chi connectivity index (χ0v) is 9.10. The first-order valence-electron chi connectivity index (χ1n) is 5.05. The SMILES string of the molecule is CC=NC(=O)NC(C)Cc1ccccc1. The van der Waals surface area contributed by atoms with Crippen molar-refractivity contribution in [2.75, 3.05) is 0 Å². The van der Waals surface area contributed by atoms with E-state index in [1.54, 1.807) is 6.92 Å². The van der Waals surface area contributed by atoms with Gasteiger partial charge in [0.05, 0.1) is 0 Å². The van der Waals surface area contributed by atoms with E-state index in [9.17, 15) is 4.79 Å². The summed E-state index contributed by atoms with van der Waals surface area (Å²) in [6.45, 7) is 3.69. The van der Waals surface area contributed by atoms with E-state index in [0.717, 1.165) is 6.42 Å². The van der Waals surface area contributed by atoms with Gasteiger partial charge < -0.3 is 5.32 Å². The van der Waals surface area contributed by atoms with Crippen LogP contribution in [0.5, 0.6) is 0 Å². The third-order valence-electron chi connectivity index (χ3n) is 2.00. The van der Waals surface area contributed by atoms with Crippen LogP contribution in [0.4, 0.5) is 4.79 Å². The lowest BCUT2D eigenvalue weighted by atomic mass is 10.1. The van der Waals surface area contributed by atoms with E-state index < -0.39 is 0 Å². The van der Waals surface area contributed by atoms with Crippen LogP contribution in [0, 0.1) is 0 Å². The number of carbonyl (C=O) groups is 1. The number of carbonyl (C=O) groups excluding carboxylic acids is 1. The number of nitrogens with zero attached hydrogens (tertiary/aromatic N) is 1. The number of urea groups is 1. The summed E-state index contributed by atoms with van der Waals surface area (Å²) in [6, 6.07) is 9.89. The second-order valence-corrected chi connectivity index (χ2v) is 3.43. The molecular weight excluding hydrogens is 188 g/mol. The highest BCUT2D eigenvalue weighted by Crippen LogP contribution is 2.02. The van der Waals surface area contributed by atoms with Gasteiger partial charge in [0, 0.05) is 12.3 Å². The van der Waals surface area contributed by atoms with Crippen LogP contribution in [0.15, 0.2) is 35.3 Å². The molecule has 2 amide bonds. The van der Waals surface area contributed by atoms with Gasteiger partial charge in [-0.3, -0.25) is 0 Å². The lowest BCUT2D eigenvalue weighted by Gasteiger charge is -2.11. The Morgan fingerprint density at radius 2 is 2.13 bits per heavy atom. The summed E-state index contributed by atoms with van der Waals surface area (Å²) < 4.78 is 0. The van der Waals surface area contributed by atoms with Gasteiger partial charge in [0.15, 0.2) is 0 Å². The van der Waals surface area contributed by atoms with Crippen LogP contribution in [0.1, 0.15) is 19.4 Å². The van der Waals surface area contributed by atoms with E-state index in [0.29, 0.717) is 0 Å². The first-order chi connectivity index (χ1) is 7.22. The zero-order chi connectivity index (χ0) is 11.1. The van der Waals surface area contributed by atoms with Gasteiger partial charge in [-0.15, -0.1) is 0 Å². The van der Waals surface area contributed by atoms with Crippen molar-refractivity contribution in [3.63, 3.8) is 0 Å². The fourth-order valence-electron chi connectivity index (χ4n) is 1.38. The van der Waals surface area contributed by atoms with Crippen molar-refractivity contribution in [2.45, 2.75) is 26.3 Å². The minimum atomic E-state index is -0.277. The van der Waals surface area contributed by atoms with Crippen LogP contribution in [0.2, 0.25) is 0 Å². The third kappa shape index (κ3) is 4.40. The van der Waals surface area contributed by atoms with Gasteiger partial charge in [-0.05, 0) is 25.8 Å². The molecule has 0 radical (unpaired) electrons. The molecule has 0 saturated heterocycles. The Balaban J connectivity index is 2.43. The summed E-state index contributed by atoms with van der Waals surface area (Å²) in [5, 5.41) is 2.79. The minimum Gasteiger partial charge on any atom is -0.333 e. The molecule has 0 heterocycles. The van der Waals surface area contributed by atoms with E-state index in [-0.39, 0.29) is 12.1 Å². The number of rotatable bonds is 3. The molecule has 1 unspecified atom stereocenters. The van der Waals surface area contributed by atoms with Crippen molar-refractivity contribution in [1.82, 2.24) is 5.32 Å². The number of hydrogen-bond donors (Lipinski definition) is 1. The van der Waals surface area contributed by atoms with E-state index in [1.165, 1.54) is 11.8 Å². The van der Waals surface area contributed by atoms with Gasteiger partial charge >= 0.3 is 6.03 Å². The van der Waals surface area contributed by atoms with E-state index in [1.807, 2.05) is 37.3 Å². The highest BCUT2D eigenvalue weighted by Gasteiger charge is 2.05. The molecule has 80 valence electrons. The van der Waals surface area contributed by atoms with E-state index >= 15 is 0 Å². The molecule has 1 aromatic carbocycles. The topological polar surface area (TPSA) is 41.5 Å². The number of hydrogen-bond acceptors (Lipinski definition) is 1. The lowest BCUT2D eigenvalue weighted by molar-refractivity contribution is 0.246. The maximum Gasteiger partial charge on any atom is 0.340 e. The molecule has 1 rings (SSSR count). The van der Waals surface area contributed by atoms with Crippen LogP contribution in [0.25, 0.3) is 0 Å². The molecule has 1 atom stereocenters. The molecule has 0 fully saturated rings. The molecule has 0 aromatic heterocycles. The van der Waals surface area contributed by atoms with Crippen molar-refractivity contribution in [1.29, 1.82) is 0 Å². The molecule has 0 aliphatic heterocycles. The first kappa shape index (κ1) is 11.4. The van der Waals surface area contributed by atoms with E-state index in [4.69, 9.17) is 0 Å². The smallest absolute Gasteiger partial charge is 0.333 e. The minimum absolute atomic E-state index is 0.101. The van der Waals surface area contributed by atoms with Gasteiger partial charge in [0.1, 0.15) is 0 Å². The largest absolute Gasteiger partial charge is 0.340 e. The molecule has 3 nitrogen and oxygen atoms in total. The van der Waals surface area contributed by atoms with Crippen molar-refractivity contribution in [2.24, 2.45) is 4.99 Å². The third-order valence-corrected chi connectivity index (χ3v) is 2.00. The molecule has 0 aliphatic rings. The monoisotopic (exact) mass is 204 g/mol. The summed E-state index contributed by atoms with van der Waals surface area (Å²) in [6.07, 6.45) is 2.32. The molecule has 0 spiro atoms. The van der Waals surface area contributed by atoms with Crippen molar-refractivity contribution in [3.8, 4) is 0 Å². The molecule has 0 bridgehead atoms. The quantitative estimate of drug-likeness (QED) is 0.755. The second-order valence-electron chi connectivity index (χ2n) is 3.43. The average Bonchev–Trinajstić information content (AvgIpc) is 2.19. The first-order valence-corrected chi connectivity index (χ1v) is 5.05. The Morgan fingerprint density at radius 1 is 1.47 bits per heavy atom.